The van der Waals surface area contributed by atoms with E-state index in [1.165, 1.54) is 22.3 Å². The zero-order valence-electron chi connectivity index (χ0n) is 14.1. The lowest BCUT2D eigenvalue weighted by atomic mass is 9.88. The van der Waals surface area contributed by atoms with E-state index in [9.17, 15) is 4.79 Å². The molecule has 1 fully saturated rings. The van der Waals surface area contributed by atoms with Crippen LogP contribution in [0.2, 0.25) is 0 Å². The molecule has 0 aliphatic carbocycles. The molecule has 24 heavy (non-hydrogen) atoms. The zero-order chi connectivity index (χ0) is 16.8. The molecule has 0 unspecified atom stereocenters. The highest BCUT2D eigenvalue weighted by Gasteiger charge is 2.22. The van der Waals surface area contributed by atoms with E-state index in [-0.39, 0.29) is 6.09 Å². The van der Waals surface area contributed by atoms with Gasteiger partial charge in [0.25, 0.3) is 0 Å². The Bertz CT molecular complexity index is 656. The van der Waals surface area contributed by atoms with Gasteiger partial charge in [-0.05, 0) is 36.5 Å². The van der Waals surface area contributed by atoms with E-state index in [1.807, 2.05) is 19.1 Å². The summed E-state index contributed by atoms with van der Waals surface area (Å²) in [5, 5.41) is 0. The highest BCUT2D eigenvalue weighted by Crippen LogP contribution is 2.32. The molecular weight excluding hydrogens is 298 g/mol. The van der Waals surface area contributed by atoms with Crippen molar-refractivity contribution in [2.24, 2.45) is 0 Å². The average molecular weight is 321 g/mol. The Morgan fingerprint density at radius 1 is 0.917 bits per heavy atom. The largest absolute Gasteiger partial charge is 0.450 e. The van der Waals surface area contributed by atoms with Gasteiger partial charge in [-0.2, -0.15) is 0 Å². The van der Waals surface area contributed by atoms with Crippen molar-refractivity contribution in [3.05, 3.63) is 77.4 Å². The number of piperidine rings is 1. The fourth-order valence-electron chi connectivity index (χ4n) is 3.21. The fourth-order valence-corrected chi connectivity index (χ4v) is 3.21. The quantitative estimate of drug-likeness (QED) is 0.817. The summed E-state index contributed by atoms with van der Waals surface area (Å²) in [5.74, 6) is 0. The maximum atomic E-state index is 11.9. The molecule has 3 rings (SSSR count). The van der Waals surface area contributed by atoms with Gasteiger partial charge in [0, 0.05) is 13.1 Å². The number of ether oxygens (including phenoxy) is 1. The maximum Gasteiger partial charge on any atom is 0.409 e. The van der Waals surface area contributed by atoms with Gasteiger partial charge in [0.05, 0.1) is 6.61 Å². The molecule has 2 aromatic carbocycles. The molecular formula is C21H23NO2. The molecule has 124 valence electrons. The minimum atomic E-state index is -0.197. The monoisotopic (exact) mass is 321 g/mol. The molecule has 3 heteroatoms. The Balaban J connectivity index is 1.90. The van der Waals surface area contributed by atoms with Crippen molar-refractivity contribution in [1.82, 2.24) is 4.90 Å². The second-order valence-corrected chi connectivity index (χ2v) is 5.90. The summed E-state index contributed by atoms with van der Waals surface area (Å²) in [5.41, 5.74) is 5.19. The molecule has 2 aromatic rings. The average Bonchev–Trinajstić information content (AvgIpc) is 2.64. The van der Waals surface area contributed by atoms with E-state index < -0.39 is 0 Å². The van der Waals surface area contributed by atoms with Gasteiger partial charge in [0.1, 0.15) is 0 Å². The third kappa shape index (κ3) is 3.67. The van der Waals surface area contributed by atoms with Crippen LogP contribution < -0.4 is 0 Å². The van der Waals surface area contributed by atoms with E-state index in [0.717, 1.165) is 25.9 Å². The van der Waals surface area contributed by atoms with Crippen LogP contribution in [0.5, 0.6) is 0 Å². The van der Waals surface area contributed by atoms with Crippen LogP contribution in [0.1, 0.15) is 30.9 Å². The Morgan fingerprint density at radius 2 is 1.42 bits per heavy atom. The standard InChI is InChI=1S/C21H23NO2/c1-2-24-21(23)22-15-13-19(14-16-22)20(17-9-5-3-6-10-17)18-11-7-4-8-12-18/h3-12H,2,13-16H2,1H3. The molecule has 0 bridgehead atoms. The van der Waals surface area contributed by atoms with Gasteiger partial charge in [0.2, 0.25) is 0 Å². The fraction of sp³-hybridized carbons (Fsp3) is 0.286. The summed E-state index contributed by atoms with van der Waals surface area (Å²) in [6, 6.07) is 21.0. The summed E-state index contributed by atoms with van der Waals surface area (Å²) in [4.78, 5) is 13.7. The van der Waals surface area contributed by atoms with Crippen molar-refractivity contribution in [2.45, 2.75) is 19.8 Å². The van der Waals surface area contributed by atoms with Crippen LogP contribution in [-0.4, -0.2) is 30.7 Å². The summed E-state index contributed by atoms with van der Waals surface area (Å²) in [6.45, 7) is 3.71. The first kappa shape index (κ1) is 16.3. The second-order valence-electron chi connectivity index (χ2n) is 5.90. The molecule has 0 saturated carbocycles. The van der Waals surface area contributed by atoms with Crippen molar-refractivity contribution in [2.75, 3.05) is 19.7 Å². The van der Waals surface area contributed by atoms with Crippen molar-refractivity contribution in [1.29, 1.82) is 0 Å². The molecule has 1 amide bonds. The first-order valence-electron chi connectivity index (χ1n) is 8.54. The van der Waals surface area contributed by atoms with Crippen LogP contribution in [-0.2, 0) is 4.74 Å². The van der Waals surface area contributed by atoms with E-state index >= 15 is 0 Å². The zero-order valence-corrected chi connectivity index (χ0v) is 14.1. The Kier molecular flexibility index (Phi) is 5.32. The van der Waals surface area contributed by atoms with E-state index in [4.69, 9.17) is 4.74 Å². The molecule has 1 aliphatic rings. The number of benzene rings is 2. The lowest BCUT2D eigenvalue weighted by molar-refractivity contribution is 0.104. The van der Waals surface area contributed by atoms with Crippen molar-refractivity contribution in [3.63, 3.8) is 0 Å². The summed E-state index contributed by atoms with van der Waals surface area (Å²) >= 11 is 0. The molecule has 0 atom stereocenters. The number of carbonyl (C=O) groups is 1. The van der Waals surface area contributed by atoms with Crippen LogP contribution >= 0.6 is 0 Å². The number of hydrogen-bond donors (Lipinski definition) is 0. The predicted molar refractivity (Wildman–Crippen MR) is 96.7 cm³/mol. The number of nitrogens with zero attached hydrogens (tertiary/aromatic N) is 1. The highest BCUT2D eigenvalue weighted by molar-refractivity contribution is 5.82. The lowest BCUT2D eigenvalue weighted by Crippen LogP contribution is -2.37. The molecule has 1 aliphatic heterocycles. The third-order valence-corrected chi connectivity index (χ3v) is 4.37. The predicted octanol–water partition coefficient (Wildman–Crippen LogP) is 4.74. The third-order valence-electron chi connectivity index (χ3n) is 4.37. The second kappa shape index (κ2) is 7.82. The highest BCUT2D eigenvalue weighted by atomic mass is 16.6. The van der Waals surface area contributed by atoms with Gasteiger partial charge in [0.15, 0.2) is 0 Å². The minimum absolute atomic E-state index is 0.197. The SMILES string of the molecule is CCOC(=O)N1CCC(=C(c2ccccc2)c2ccccc2)CC1. The van der Waals surface area contributed by atoms with Crippen molar-refractivity contribution >= 4 is 11.7 Å². The van der Waals surface area contributed by atoms with Crippen LogP contribution in [0.3, 0.4) is 0 Å². The van der Waals surface area contributed by atoms with Crippen molar-refractivity contribution in [3.8, 4) is 0 Å². The maximum absolute atomic E-state index is 11.9. The molecule has 0 N–H and O–H groups in total. The van der Waals surface area contributed by atoms with Crippen LogP contribution in [0.25, 0.3) is 5.57 Å². The van der Waals surface area contributed by atoms with E-state index in [1.54, 1.807) is 4.90 Å². The van der Waals surface area contributed by atoms with Crippen LogP contribution in [0.15, 0.2) is 66.2 Å². The normalized spacial score (nSPS) is 14.4. The number of likely N-dealkylation sites (tertiary alicyclic amines) is 1. The topological polar surface area (TPSA) is 29.5 Å². The number of amides is 1. The number of hydrogen-bond acceptors (Lipinski definition) is 2. The minimum Gasteiger partial charge on any atom is -0.450 e. The molecule has 0 aromatic heterocycles. The molecule has 0 spiro atoms. The molecule has 1 heterocycles. The van der Waals surface area contributed by atoms with Gasteiger partial charge in [-0.25, -0.2) is 4.79 Å². The Labute approximate surface area is 143 Å². The van der Waals surface area contributed by atoms with Crippen LogP contribution in [0, 0.1) is 0 Å². The van der Waals surface area contributed by atoms with Gasteiger partial charge in [-0.3, -0.25) is 0 Å². The van der Waals surface area contributed by atoms with Gasteiger partial charge in [-0.15, -0.1) is 0 Å². The smallest absolute Gasteiger partial charge is 0.409 e. The lowest BCUT2D eigenvalue weighted by Gasteiger charge is -2.29. The number of rotatable bonds is 3. The first-order chi connectivity index (χ1) is 11.8. The van der Waals surface area contributed by atoms with Gasteiger partial charge >= 0.3 is 6.09 Å². The Morgan fingerprint density at radius 3 is 1.88 bits per heavy atom. The molecule has 3 nitrogen and oxygen atoms in total. The van der Waals surface area contributed by atoms with Crippen molar-refractivity contribution < 1.29 is 9.53 Å². The van der Waals surface area contributed by atoms with Gasteiger partial charge in [-0.1, -0.05) is 66.2 Å². The van der Waals surface area contributed by atoms with E-state index in [0.29, 0.717) is 6.61 Å². The summed E-state index contributed by atoms with van der Waals surface area (Å²) in [7, 11) is 0. The van der Waals surface area contributed by atoms with E-state index in [2.05, 4.69) is 48.5 Å². The number of carbonyl (C=O) groups excluding carboxylic acids is 1. The van der Waals surface area contributed by atoms with Gasteiger partial charge < -0.3 is 9.64 Å². The summed E-state index contributed by atoms with van der Waals surface area (Å²) in [6.07, 6.45) is 1.58. The summed E-state index contributed by atoms with van der Waals surface area (Å²) < 4.78 is 5.12. The van der Waals surface area contributed by atoms with Crippen LogP contribution in [0.4, 0.5) is 4.79 Å². The first-order valence-corrected chi connectivity index (χ1v) is 8.54. The Hall–Kier alpha value is -2.55. The molecule has 0 radical (unpaired) electrons. The molecule has 1 saturated heterocycles.